The van der Waals surface area contributed by atoms with Gasteiger partial charge in [0.1, 0.15) is 5.82 Å². The molecule has 1 heterocycles. The van der Waals surface area contributed by atoms with Gasteiger partial charge in [-0.2, -0.15) is 4.98 Å². The summed E-state index contributed by atoms with van der Waals surface area (Å²) in [6, 6.07) is 0.436. The van der Waals surface area contributed by atoms with Crippen LogP contribution in [0.2, 0.25) is 0 Å². The zero-order chi connectivity index (χ0) is 21.7. The zero-order valence-electron chi connectivity index (χ0n) is 18.2. The van der Waals surface area contributed by atoms with Crippen LogP contribution in [-0.2, 0) is 9.53 Å². The molecule has 2 aliphatic carbocycles. The van der Waals surface area contributed by atoms with Crippen molar-refractivity contribution in [2.75, 3.05) is 31.8 Å². The molecule has 30 heavy (non-hydrogen) atoms. The molecule has 2 saturated carbocycles. The summed E-state index contributed by atoms with van der Waals surface area (Å²) in [5.41, 5.74) is 5.82. The van der Waals surface area contributed by atoms with Gasteiger partial charge in [0.25, 0.3) is 5.91 Å². The van der Waals surface area contributed by atoms with Crippen LogP contribution in [0, 0.1) is 5.92 Å². The second-order valence-corrected chi connectivity index (χ2v) is 8.60. The lowest BCUT2D eigenvalue weighted by Gasteiger charge is -2.31. The molecule has 1 aromatic heterocycles. The number of nitrogens with one attached hydrogen (secondary N) is 2. The van der Waals surface area contributed by atoms with Crippen LogP contribution in [0.3, 0.4) is 0 Å². The van der Waals surface area contributed by atoms with Crippen molar-refractivity contribution in [2.45, 2.75) is 69.6 Å². The monoisotopic (exact) mass is 418 g/mol. The number of carbonyl (C=O) groups excluding carboxylic acids is 2. The van der Waals surface area contributed by atoms with E-state index in [1.807, 2.05) is 0 Å². The van der Waals surface area contributed by atoms with E-state index in [0.29, 0.717) is 17.9 Å². The Morgan fingerprint density at radius 1 is 1.03 bits per heavy atom. The smallest absolute Gasteiger partial charge is 0.254 e. The number of hydrogen-bond donors (Lipinski definition) is 3. The van der Waals surface area contributed by atoms with Gasteiger partial charge >= 0.3 is 0 Å². The number of amides is 2. The molecule has 2 aliphatic rings. The molecule has 1 aromatic rings. The van der Waals surface area contributed by atoms with Gasteiger partial charge in [-0.05, 0) is 51.4 Å². The first-order valence-corrected chi connectivity index (χ1v) is 10.8. The van der Waals surface area contributed by atoms with E-state index < -0.39 is 5.91 Å². The summed E-state index contributed by atoms with van der Waals surface area (Å²) in [6.07, 6.45) is 9.14. The van der Waals surface area contributed by atoms with Crippen LogP contribution >= 0.6 is 0 Å². The highest BCUT2D eigenvalue weighted by Gasteiger charge is 2.28. The number of nitrogens with two attached hydrogens (primary N) is 1. The lowest BCUT2D eigenvalue weighted by Crippen LogP contribution is -2.35. The third-order valence-electron chi connectivity index (χ3n) is 6.25. The fourth-order valence-corrected chi connectivity index (χ4v) is 4.41. The quantitative estimate of drug-likeness (QED) is 0.619. The molecule has 9 heteroatoms. The summed E-state index contributed by atoms with van der Waals surface area (Å²) in [6.45, 7) is 0. The molecule has 2 amide bonds. The molecule has 166 valence electrons. The van der Waals surface area contributed by atoms with E-state index in [4.69, 9.17) is 10.5 Å². The molecule has 9 nitrogen and oxygen atoms in total. The Kier molecular flexibility index (Phi) is 7.47. The van der Waals surface area contributed by atoms with Crippen molar-refractivity contribution in [3.05, 3.63) is 11.8 Å². The number of aromatic nitrogens is 2. The molecule has 4 N–H and O–H groups in total. The number of carbonyl (C=O) groups is 2. The Bertz CT molecular complexity index is 740. The Morgan fingerprint density at radius 3 is 2.20 bits per heavy atom. The second kappa shape index (κ2) is 10.1. The molecule has 3 rings (SSSR count). The molecule has 0 atom stereocenters. The van der Waals surface area contributed by atoms with E-state index in [-0.39, 0.29) is 29.5 Å². The van der Waals surface area contributed by atoms with E-state index in [2.05, 4.69) is 20.6 Å². The number of anilines is 2. The lowest BCUT2D eigenvalue weighted by molar-refractivity contribution is -0.133. The van der Waals surface area contributed by atoms with E-state index in [9.17, 15) is 9.59 Å². The van der Waals surface area contributed by atoms with Gasteiger partial charge in [-0.1, -0.05) is 0 Å². The minimum atomic E-state index is -0.555. The maximum Gasteiger partial charge on any atom is 0.254 e. The number of primary amides is 1. The summed E-state index contributed by atoms with van der Waals surface area (Å²) in [5.74, 6) is 0.662. The Balaban J connectivity index is 1.63. The van der Waals surface area contributed by atoms with E-state index >= 15 is 0 Å². The van der Waals surface area contributed by atoms with Gasteiger partial charge in [0.15, 0.2) is 0 Å². The van der Waals surface area contributed by atoms with Crippen LogP contribution in [0.5, 0.6) is 0 Å². The third-order valence-corrected chi connectivity index (χ3v) is 6.25. The van der Waals surface area contributed by atoms with Crippen molar-refractivity contribution >= 4 is 23.6 Å². The van der Waals surface area contributed by atoms with Crippen LogP contribution in [-0.4, -0.2) is 66.1 Å². The largest absolute Gasteiger partial charge is 0.381 e. The maximum atomic E-state index is 12.2. The standard InChI is InChI=1S/C21H34N6O3/c1-27(2)20(29)13-4-6-14(7-5-13)24-19-17(18(22)28)12-23-21(26-19)25-15-8-10-16(30-3)11-9-15/h12-16H,4-11H2,1-3H3,(H2,22,28)(H2,23,24,25,26)/t13?,14?,15-,16-. The van der Waals surface area contributed by atoms with Crippen molar-refractivity contribution in [1.82, 2.24) is 14.9 Å². The average Bonchev–Trinajstić information content (AvgIpc) is 2.74. The predicted octanol–water partition coefficient (Wildman–Crippen LogP) is 2.00. The molecular formula is C21H34N6O3. The van der Waals surface area contributed by atoms with E-state index in [0.717, 1.165) is 51.4 Å². The van der Waals surface area contributed by atoms with Crippen molar-refractivity contribution < 1.29 is 14.3 Å². The number of ether oxygens (including phenoxy) is 1. The Labute approximate surface area is 178 Å². The molecule has 0 saturated heterocycles. The second-order valence-electron chi connectivity index (χ2n) is 8.60. The van der Waals surface area contributed by atoms with Crippen LogP contribution in [0.4, 0.5) is 11.8 Å². The van der Waals surface area contributed by atoms with Crippen LogP contribution in [0.1, 0.15) is 61.7 Å². The highest BCUT2D eigenvalue weighted by atomic mass is 16.5. The molecule has 0 aliphatic heterocycles. The molecule has 0 bridgehead atoms. The minimum Gasteiger partial charge on any atom is -0.381 e. The van der Waals surface area contributed by atoms with Crippen molar-refractivity contribution in [1.29, 1.82) is 0 Å². The van der Waals surface area contributed by atoms with Crippen LogP contribution in [0.15, 0.2) is 6.20 Å². The van der Waals surface area contributed by atoms with Crippen molar-refractivity contribution in [2.24, 2.45) is 11.7 Å². The average molecular weight is 419 g/mol. The molecule has 2 fully saturated rings. The summed E-state index contributed by atoms with van der Waals surface area (Å²) in [4.78, 5) is 34.6. The number of methoxy groups -OCH3 is 1. The normalized spacial score (nSPS) is 26.6. The lowest BCUT2D eigenvalue weighted by atomic mass is 9.85. The van der Waals surface area contributed by atoms with Crippen molar-refractivity contribution in [3.8, 4) is 0 Å². The van der Waals surface area contributed by atoms with Crippen LogP contribution in [0.25, 0.3) is 0 Å². The zero-order valence-corrected chi connectivity index (χ0v) is 18.2. The first-order chi connectivity index (χ1) is 14.4. The number of nitrogens with zero attached hydrogens (tertiary/aromatic N) is 3. The van der Waals surface area contributed by atoms with Gasteiger partial charge in [-0.15, -0.1) is 0 Å². The fraction of sp³-hybridized carbons (Fsp3) is 0.714. The SMILES string of the molecule is CO[C@H]1CC[C@H](Nc2ncc(C(N)=O)c(NC3CCC(C(=O)N(C)C)CC3)n2)CC1. The van der Waals surface area contributed by atoms with Crippen LogP contribution < -0.4 is 16.4 Å². The maximum absolute atomic E-state index is 12.2. The predicted molar refractivity (Wildman–Crippen MR) is 115 cm³/mol. The van der Waals surface area contributed by atoms with Gasteiger partial charge < -0.3 is 26.0 Å². The topological polar surface area (TPSA) is 122 Å². The highest BCUT2D eigenvalue weighted by Crippen LogP contribution is 2.29. The Hall–Kier alpha value is -2.42. The number of rotatable bonds is 7. The molecule has 0 unspecified atom stereocenters. The first-order valence-electron chi connectivity index (χ1n) is 10.8. The summed E-state index contributed by atoms with van der Waals surface area (Å²) < 4.78 is 5.43. The minimum absolute atomic E-state index is 0.0681. The highest BCUT2D eigenvalue weighted by molar-refractivity contribution is 5.97. The molecule has 0 aromatic carbocycles. The Morgan fingerprint density at radius 2 is 1.63 bits per heavy atom. The third kappa shape index (κ3) is 5.59. The summed E-state index contributed by atoms with van der Waals surface area (Å²) in [5, 5.41) is 6.76. The number of hydrogen-bond acceptors (Lipinski definition) is 7. The van der Waals surface area contributed by atoms with Gasteiger partial charge in [-0.3, -0.25) is 9.59 Å². The van der Waals surface area contributed by atoms with E-state index in [1.54, 1.807) is 26.1 Å². The molecule has 0 radical (unpaired) electrons. The van der Waals surface area contributed by atoms with Gasteiger partial charge in [0.2, 0.25) is 11.9 Å². The van der Waals surface area contributed by atoms with Gasteiger partial charge in [0, 0.05) is 45.4 Å². The molecule has 0 spiro atoms. The van der Waals surface area contributed by atoms with E-state index in [1.165, 1.54) is 6.20 Å². The summed E-state index contributed by atoms with van der Waals surface area (Å²) >= 11 is 0. The fourth-order valence-electron chi connectivity index (χ4n) is 4.41. The summed E-state index contributed by atoms with van der Waals surface area (Å²) in [7, 11) is 5.35. The first kappa shape index (κ1) is 22.3. The van der Waals surface area contributed by atoms with Gasteiger partial charge in [0.05, 0.1) is 11.7 Å². The van der Waals surface area contributed by atoms with Gasteiger partial charge in [-0.25, -0.2) is 4.98 Å². The molecular weight excluding hydrogens is 384 g/mol. The van der Waals surface area contributed by atoms with Crippen molar-refractivity contribution in [3.63, 3.8) is 0 Å².